The largest absolute Gasteiger partial charge is 0.465 e. The van der Waals surface area contributed by atoms with Gasteiger partial charge in [0.2, 0.25) is 0 Å². The highest BCUT2D eigenvalue weighted by Gasteiger charge is 2.27. The van der Waals surface area contributed by atoms with Gasteiger partial charge in [-0.1, -0.05) is 12.1 Å². The Morgan fingerprint density at radius 3 is 1.12 bits per heavy atom. The average molecular weight is 360 g/mol. The van der Waals surface area contributed by atoms with Crippen LogP contribution >= 0.6 is 0 Å². The average Bonchev–Trinajstić information content (AvgIpc) is 2.69. The molecule has 0 N–H and O–H groups in total. The van der Waals surface area contributed by atoms with Gasteiger partial charge in [-0.2, -0.15) is 0 Å². The summed E-state index contributed by atoms with van der Waals surface area (Å²) < 4.78 is 18.9. The van der Waals surface area contributed by atoms with Gasteiger partial charge in [0.1, 0.15) is 0 Å². The zero-order valence-electron chi connectivity index (χ0n) is 14.6. The van der Waals surface area contributed by atoms with E-state index in [1.54, 1.807) is 0 Å². The third-order valence-electron chi connectivity index (χ3n) is 3.79. The molecule has 0 bridgehead atoms. The van der Waals surface area contributed by atoms with Crippen LogP contribution in [0.4, 0.5) is 0 Å². The second-order valence-corrected chi connectivity index (χ2v) is 5.04. The van der Waals surface area contributed by atoms with E-state index < -0.39 is 23.9 Å². The first-order valence-corrected chi connectivity index (χ1v) is 7.34. The summed E-state index contributed by atoms with van der Waals surface area (Å²) in [5.74, 6) is -3.08. The Kier molecular flexibility index (Phi) is 5.56. The summed E-state index contributed by atoms with van der Waals surface area (Å²) in [5, 5.41) is 0.459. The van der Waals surface area contributed by atoms with Crippen LogP contribution in [-0.2, 0) is 18.9 Å². The molecule has 2 aromatic rings. The van der Waals surface area contributed by atoms with E-state index in [9.17, 15) is 19.2 Å². The second-order valence-electron chi connectivity index (χ2n) is 5.04. The lowest BCUT2D eigenvalue weighted by Crippen LogP contribution is -2.16. The number of carbonyl (C=O) groups excluding carboxylic acids is 4. The summed E-state index contributed by atoms with van der Waals surface area (Å²) in [4.78, 5) is 48.5. The lowest BCUT2D eigenvalue weighted by molar-refractivity contribution is 0.0555. The summed E-state index contributed by atoms with van der Waals surface area (Å²) in [7, 11) is 4.67. The van der Waals surface area contributed by atoms with Crippen molar-refractivity contribution in [2.75, 3.05) is 28.4 Å². The highest BCUT2D eigenvalue weighted by molar-refractivity contribution is 6.19. The van der Waals surface area contributed by atoms with Crippen LogP contribution < -0.4 is 0 Å². The molecular formula is C18H16O8. The quantitative estimate of drug-likeness (QED) is 0.602. The van der Waals surface area contributed by atoms with Gasteiger partial charge in [0, 0.05) is 0 Å². The van der Waals surface area contributed by atoms with E-state index in [2.05, 4.69) is 9.47 Å². The van der Waals surface area contributed by atoms with Crippen molar-refractivity contribution in [3.63, 3.8) is 0 Å². The van der Waals surface area contributed by atoms with E-state index in [1.807, 2.05) is 0 Å². The smallest absolute Gasteiger partial charge is 0.339 e. The van der Waals surface area contributed by atoms with Crippen LogP contribution in [-0.4, -0.2) is 52.3 Å². The highest BCUT2D eigenvalue weighted by Crippen LogP contribution is 2.30. The molecule has 136 valence electrons. The molecule has 8 nitrogen and oxygen atoms in total. The Balaban J connectivity index is 2.97. The molecule has 0 saturated heterocycles. The fourth-order valence-corrected chi connectivity index (χ4v) is 2.61. The first-order valence-electron chi connectivity index (χ1n) is 7.34. The maximum absolute atomic E-state index is 12.3. The first-order chi connectivity index (χ1) is 12.4. The predicted octanol–water partition coefficient (Wildman–Crippen LogP) is 1.99. The number of esters is 4. The predicted molar refractivity (Wildman–Crippen MR) is 89.3 cm³/mol. The molecule has 0 aliphatic heterocycles. The van der Waals surface area contributed by atoms with Crippen molar-refractivity contribution >= 4 is 34.6 Å². The maximum atomic E-state index is 12.3. The van der Waals surface area contributed by atoms with Crippen LogP contribution in [0.5, 0.6) is 0 Å². The molecular weight excluding hydrogens is 344 g/mol. The molecule has 2 aromatic carbocycles. The lowest BCUT2D eigenvalue weighted by Gasteiger charge is -2.14. The number of fused-ring (bicyclic) bond motifs is 1. The number of rotatable bonds is 4. The van der Waals surface area contributed by atoms with Crippen LogP contribution in [0.1, 0.15) is 41.4 Å². The van der Waals surface area contributed by atoms with Gasteiger partial charge in [-0.05, 0) is 22.9 Å². The summed E-state index contributed by atoms with van der Waals surface area (Å²) in [5.41, 5.74) is -0.237. The van der Waals surface area contributed by atoms with Gasteiger partial charge in [0.15, 0.2) is 0 Å². The molecule has 0 aliphatic rings. The van der Waals surface area contributed by atoms with Crippen LogP contribution in [0.2, 0.25) is 0 Å². The highest BCUT2D eigenvalue weighted by atomic mass is 16.5. The monoisotopic (exact) mass is 360 g/mol. The molecule has 0 spiro atoms. The Morgan fingerprint density at radius 1 is 0.538 bits per heavy atom. The van der Waals surface area contributed by atoms with Crippen LogP contribution in [0.15, 0.2) is 24.3 Å². The Morgan fingerprint density at radius 2 is 0.846 bits per heavy atom. The minimum atomic E-state index is -0.794. The van der Waals surface area contributed by atoms with Crippen LogP contribution in [0, 0.1) is 0 Å². The molecule has 8 heteroatoms. The molecule has 0 fully saturated rings. The van der Waals surface area contributed by atoms with Gasteiger partial charge in [-0.25, -0.2) is 19.2 Å². The SMILES string of the molecule is COC(=O)c1ccc2c(C(=O)OC)c(C(=O)OC)ccc2c1C(=O)OC. The molecule has 26 heavy (non-hydrogen) atoms. The molecule has 0 aliphatic carbocycles. The minimum Gasteiger partial charge on any atom is -0.465 e. The van der Waals surface area contributed by atoms with E-state index in [1.165, 1.54) is 38.5 Å². The number of methoxy groups -OCH3 is 4. The normalized spacial score (nSPS) is 10.2. The zero-order chi connectivity index (χ0) is 19.4. The van der Waals surface area contributed by atoms with Crippen molar-refractivity contribution in [3.05, 3.63) is 46.5 Å². The number of ether oxygens (including phenoxy) is 4. The minimum absolute atomic E-state index is 0.0338. The van der Waals surface area contributed by atoms with Crippen molar-refractivity contribution in [1.29, 1.82) is 0 Å². The second kappa shape index (κ2) is 7.64. The summed E-state index contributed by atoms with van der Waals surface area (Å²) in [6, 6.07) is 5.47. The Labute approximate surface area is 148 Å². The molecule has 0 atom stereocenters. The molecule has 0 saturated carbocycles. The molecule has 0 radical (unpaired) electrons. The number of benzene rings is 2. The summed E-state index contributed by atoms with van der Waals surface area (Å²) in [6.45, 7) is 0. The zero-order valence-corrected chi connectivity index (χ0v) is 14.6. The van der Waals surface area contributed by atoms with Crippen LogP contribution in [0.3, 0.4) is 0 Å². The van der Waals surface area contributed by atoms with Gasteiger partial charge >= 0.3 is 23.9 Å². The topological polar surface area (TPSA) is 105 Å². The molecule has 0 heterocycles. The van der Waals surface area contributed by atoms with Crippen molar-refractivity contribution < 1.29 is 38.1 Å². The standard InChI is InChI=1S/C18H16O8/c1-23-15(19)11-7-5-10-9(13(11)17(21)25-3)6-8-12(16(20)24-2)14(10)18(22)26-4/h5-8H,1-4H3. The maximum Gasteiger partial charge on any atom is 0.339 e. The summed E-state index contributed by atoms with van der Waals surface area (Å²) in [6.07, 6.45) is 0. The first kappa shape index (κ1) is 18.9. The lowest BCUT2D eigenvalue weighted by atomic mass is 9.92. The van der Waals surface area contributed by atoms with Gasteiger partial charge in [0.05, 0.1) is 50.7 Å². The van der Waals surface area contributed by atoms with Crippen molar-refractivity contribution in [3.8, 4) is 0 Å². The summed E-state index contributed by atoms with van der Waals surface area (Å²) >= 11 is 0. The Hall–Kier alpha value is -3.42. The third-order valence-corrected chi connectivity index (χ3v) is 3.79. The van der Waals surface area contributed by atoms with Crippen molar-refractivity contribution in [2.45, 2.75) is 0 Å². The fourth-order valence-electron chi connectivity index (χ4n) is 2.61. The fraction of sp³-hybridized carbons (Fsp3) is 0.222. The molecule has 2 rings (SSSR count). The van der Waals surface area contributed by atoms with E-state index in [4.69, 9.17) is 9.47 Å². The number of carbonyl (C=O) groups is 4. The molecule has 0 amide bonds. The third kappa shape index (κ3) is 3.08. The number of hydrogen-bond donors (Lipinski definition) is 0. The van der Waals surface area contributed by atoms with Crippen molar-refractivity contribution in [2.24, 2.45) is 0 Å². The van der Waals surface area contributed by atoms with E-state index in [0.717, 1.165) is 14.2 Å². The Bertz CT molecular complexity index is 838. The number of hydrogen-bond acceptors (Lipinski definition) is 8. The van der Waals surface area contributed by atoms with E-state index in [0.29, 0.717) is 0 Å². The van der Waals surface area contributed by atoms with Crippen molar-refractivity contribution in [1.82, 2.24) is 0 Å². The van der Waals surface area contributed by atoms with Gasteiger partial charge in [-0.3, -0.25) is 0 Å². The van der Waals surface area contributed by atoms with Crippen LogP contribution in [0.25, 0.3) is 10.8 Å². The van der Waals surface area contributed by atoms with E-state index >= 15 is 0 Å². The molecule has 0 aromatic heterocycles. The van der Waals surface area contributed by atoms with Gasteiger partial charge in [0.25, 0.3) is 0 Å². The van der Waals surface area contributed by atoms with Gasteiger partial charge in [-0.15, -0.1) is 0 Å². The van der Waals surface area contributed by atoms with E-state index in [-0.39, 0.29) is 33.0 Å². The molecule has 0 unspecified atom stereocenters. The van der Waals surface area contributed by atoms with Gasteiger partial charge < -0.3 is 18.9 Å².